The van der Waals surface area contributed by atoms with Gasteiger partial charge in [-0.3, -0.25) is 10.00 Å². The molecule has 1 aromatic heterocycles. The number of nitrogens with one attached hydrogen (secondary N) is 1. The molecule has 22 heavy (non-hydrogen) atoms. The third-order valence-corrected chi connectivity index (χ3v) is 5.20. The highest BCUT2D eigenvalue weighted by atomic mass is 79.9. The van der Waals surface area contributed by atoms with Gasteiger partial charge in [-0.05, 0) is 57.5 Å². The molecule has 0 unspecified atom stereocenters. The molecule has 0 spiro atoms. The molecular formula is C16H19Br2N3O. The van der Waals surface area contributed by atoms with E-state index in [4.69, 9.17) is 4.74 Å². The van der Waals surface area contributed by atoms with Crippen molar-refractivity contribution < 1.29 is 4.74 Å². The van der Waals surface area contributed by atoms with Gasteiger partial charge >= 0.3 is 0 Å². The van der Waals surface area contributed by atoms with Gasteiger partial charge in [-0.2, -0.15) is 5.10 Å². The predicted molar refractivity (Wildman–Crippen MR) is 95.2 cm³/mol. The Morgan fingerprint density at radius 2 is 2.00 bits per heavy atom. The maximum Gasteiger partial charge on any atom is 0.147 e. The number of hydrogen-bond acceptors (Lipinski definition) is 3. The monoisotopic (exact) mass is 427 g/mol. The molecule has 1 N–H and O–H groups in total. The van der Waals surface area contributed by atoms with E-state index in [0.29, 0.717) is 6.61 Å². The van der Waals surface area contributed by atoms with Gasteiger partial charge in [0, 0.05) is 36.3 Å². The van der Waals surface area contributed by atoms with Crippen molar-refractivity contribution in [2.75, 3.05) is 19.7 Å². The van der Waals surface area contributed by atoms with E-state index < -0.39 is 0 Å². The van der Waals surface area contributed by atoms with Crippen molar-refractivity contribution in [3.63, 3.8) is 0 Å². The Morgan fingerprint density at radius 1 is 1.27 bits per heavy atom. The molecule has 2 aromatic rings. The number of benzene rings is 1. The summed E-state index contributed by atoms with van der Waals surface area (Å²) in [5.74, 6) is 0.839. The minimum atomic E-state index is 0.639. The Kier molecular flexibility index (Phi) is 4.90. The maximum absolute atomic E-state index is 5.66. The molecule has 0 radical (unpaired) electrons. The van der Waals surface area contributed by atoms with E-state index in [0.717, 1.165) is 52.0 Å². The average Bonchev–Trinajstić information content (AvgIpc) is 2.93. The van der Waals surface area contributed by atoms with Crippen LogP contribution >= 0.6 is 31.9 Å². The van der Waals surface area contributed by atoms with Crippen LogP contribution in [0, 0.1) is 0 Å². The van der Waals surface area contributed by atoms with Crippen LogP contribution in [0.1, 0.15) is 25.1 Å². The smallest absolute Gasteiger partial charge is 0.147 e. The van der Waals surface area contributed by atoms with Gasteiger partial charge in [0.05, 0.1) is 21.2 Å². The third-order valence-electron chi connectivity index (χ3n) is 4.02. The van der Waals surface area contributed by atoms with E-state index >= 15 is 0 Å². The van der Waals surface area contributed by atoms with Crippen LogP contribution in [0.5, 0.6) is 5.75 Å². The van der Waals surface area contributed by atoms with Crippen LogP contribution < -0.4 is 4.74 Å². The summed E-state index contributed by atoms with van der Waals surface area (Å²) in [5.41, 5.74) is 4.71. The van der Waals surface area contributed by atoms with E-state index in [1.807, 2.05) is 6.92 Å². The fourth-order valence-corrected chi connectivity index (χ4v) is 4.25. The number of halogens is 2. The second-order valence-electron chi connectivity index (χ2n) is 5.35. The number of nitrogens with zero attached hydrogens (tertiary/aromatic N) is 2. The van der Waals surface area contributed by atoms with E-state index in [9.17, 15) is 0 Å². The Balaban J connectivity index is 2.01. The molecule has 0 bridgehead atoms. The summed E-state index contributed by atoms with van der Waals surface area (Å²) < 4.78 is 7.54. The zero-order valence-corrected chi connectivity index (χ0v) is 15.9. The number of aromatic amines is 1. The number of hydrogen-bond donors (Lipinski definition) is 1. The van der Waals surface area contributed by atoms with Crippen molar-refractivity contribution in [2.24, 2.45) is 0 Å². The van der Waals surface area contributed by atoms with Crippen LogP contribution in [0.2, 0.25) is 0 Å². The second-order valence-corrected chi connectivity index (χ2v) is 7.06. The quantitative estimate of drug-likeness (QED) is 0.785. The molecule has 118 valence electrons. The molecule has 4 nitrogen and oxygen atoms in total. The van der Waals surface area contributed by atoms with Crippen molar-refractivity contribution in [2.45, 2.75) is 26.8 Å². The van der Waals surface area contributed by atoms with Crippen molar-refractivity contribution in [3.8, 4) is 17.0 Å². The van der Waals surface area contributed by atoms with E-state index in [2.05, 4.69) is 66.0 Å². The minimum Gasteiger partial charge on any atom is -0.492 e. The average molecular weight is 429 g/mol. The number of likely N-dealkylation sites (N-methyl/N-ethyl adjacent to an activating group) is 1. The van der Waals surface area contributed by atoms with Gasteiger partial charge in [0.2, 0.25) is 0 Å². The minimum absolute atomic E-state index is 0.639. The van der Waals surface area contributed by atoms with E-state index in [1.165, 1.54) is 11.3 Å². The molecule has 0 fully saturated rings. The third kappa shape index (κ3) is 2.96. The lowest BCUT2D eigenvalue weighted by atomic mass is 10.0. The van der Waals surface area contributed by atoms with Gasteiger partial charge < -0.3 is 4.74 Å². The Bertz CT molecular complexity index is 661. The summed E-state index contributed by atoms with van der Waals surface area (Å²) in [7, 11) is 0. The molecular weight excluding hydrogens is 410 g/mol. The first-order valence-corrected chi connectivity index (χ1v) is 9.13. The first kappa shape index (κ1) is 16.0. The first-order chi connectivity index (χ1) is 10.6. The lowest BCUT2D eigenvalue weighted by Gasteiger charge is -2.25. The lowest BCUT2D eigenvalue weighted by molar-refractivity contribution is 0.267. The van der Waals surface area contributed by atoms with Gasteiger partial charge in [-0.25, -0.2) is 0 Å². The number of rotatable bonds is 4. The molecule has 0 saturated carbocycles. The topological polar surface area (TPSA) is 41.1 Å². The summed E-state index contributed by atoms with van der Waals surface area (Å²) in [6, 6.07) is 4.16. The summed E-state index contributed by atoms with van der Waals surface area (Å²) in [6.07, 6.45) is 1.04. The Labute approximate surface area is 147 Å². The van der Waals surface area contributed by atoms with E-state index in [1.54, 1.807) is 0 Å². The van der Waals surface area contributed by atoms with Crippen LogP contribution in [0.3, 0.4) is 0 Å². The van der Waals surface area contributed by atoms with Crippen LogP contribution in [-0.4, -0.2) is 34.8 Å². The molecule has 0 aliphatic carbocycles. The number of ether oxygens (including phenoxy) is 1. The number of fused-ring (bicyclic) bond motifs is 1. The Hall–Kier alpha value is -0.850. The molecule has 0 amide bonds. The summed E-state index contributed by atoms with van der Waals surface area (Å²) >= 11 is 7.21. The molecule has 3 rings (SSSR count). The van der Waals surface area contributed by atoms with Gasteiger partial charge in [0.25, 0.3) is 0 Å². The maximum atomic E-state index is 5.66. The molecule has 0 saturated heterocycles. The Morgan fingerprint density at radius 3 is 2.64 bits per heavy atom. The molecule has 1 aliphatic heterocycles. The van der Waals surface area contributed by atoms with Gasteiger partial charge in [0.1, 0.15) is 5.75 Å². The summed E-state index contributed by atoms with van der Waals surface area (Å²) in [5, 5.41) is 7.77. The van der Waals surface area contributed by atoms with E-state index in [-0.39, 0.29) is 0 Å². The second kappa shape index (κ2) is 6.72. The molecule has 2 heterocycles. The first-order valence-electron chi connectivity index (χ1n) is 7.54. The molecule has 0 atom stereocenters. The van der Waals surface area contributed by atoms with Crippen LogP contribution in [-0.2, 0) is 13.0 Å². The van der Waals surface area contributed by atoms with Crippen LogP contribution in [0.4, 0.5) is 0 Å². The van der Waals surface area contributed by atoms with Crippen molar-refractivity contribution in [1.29, 1.82) is 0 Å². The SMILES string of the molecule is CCOc1c(Br)cc(-c2n[nH]c3c2CN(CC)CC3)cc1Br. The highest BCUT2D eigenvalue weighted by molar-refractivity contribution is 9.11. The zero-order chi connectivity index (χ0) is 15.7. The number of aromatic nitrogens is 2. The van der Waals surface area contributed by atoms with Crippen molar-refractivity contribution >= 4 is 31.9 Å². The fourth-order valence-electron chi connectivity index (χ4n) is 2.84. The highest BCUT2D eigenvalue weighted by Gasteiger charge is 2.22. The lowest BCUT2D eigenvalue weighted by Crippen LogP contribution is -2.30. The largest absolute Gasteiger partial charge is 0.492 e. The van der Waals surface area contributed by atoms with Crippen molar-refractivity contribution in [3.05, 3.63) is 32.3 Å². The van der Waals surface area contributed by atoms with Gasteiger partial charge in [-0.15, -0.1) is 0 Å². The summed E-state index contributed by atoms with van der Waals surface area (Å²) in [4.78, 5) is 2.44. The summed E-state index contributed by atoms with van der Waals surface area (Å²) in [6.45, 7) is 7.95. The zero-order valence-electron chi connectivity index (χ0n) is 12.7. The molecule has 6 heteroatoms. The highest BCUT2D eigenvalue weighted by Crippen LogP contribution is 2.39. The predicted octanol–water partition coefficient (Wildman–Crippen LogP) is 4.38. The normalized spacial score (nSPS) is 14.9. The van der Waals surface area contributed by atoms with Gasteiger partial charge in [-0.1, -0.05) is 6.92 Å². The van der Waals surface area contributed by atoms with Crippen LogP contribution in [0.25, 0.3) is 11.3 Å². The van der Waals surface area contributed by atoms with Gasteiger partial charge in [0.15, 0.2) is 0 Å². The fraction of sp³-hybridized carbons (Fsp3) is 0.438. The van der Waals surface area contributed by atoms with Crippen LogP contribution in [0.15, 0.2) is 21.1 Å². The number of H-pyrrole nitrogens is 1. The molecule has 1 aromatic carbocycles. The van der Waals surface area contributed by atoms with Crippen molar-refractivity contribution in [1.82, 2.24) is 15.1 Å². The standard InChI is InChI=1S/C16H19Br2N3O/c1-3-21-6-5-14-11(9-21)15(20-19-14)10-7-12(17)16(22-4-2)13(18)8-10/h7-8H,3-6,9H2,1-2H3,(H,19,20). The molecule has 1 aliphatic rings.